The fraction of sp³-hybridized carbons (Fsp3) is 0.520. The lowest BCUT2D eigenvalue weighted by molar-refractivity contribution is 0.329. The Morgan fingerprint density at radius 3 is 2.18 bits per heavy atom. The molecule has 1 fully saturated rings. The normalized spacial score (nSPS) is 18.0. The van der Waals surface area contributed by atoms with Gasteiger partial charge in [0.25, 0.3) is 0 Å². The molecule has 2 aromatic carbocycles. The van der Waals surface area contributed by atoms with Crippen LogP contribution < -0.4 is 15.0 Å². The van der Waals surface area contributed by atoms with Crippen molar-refractivity contribution >= 4 is 5.69 Å². The number of hydrogen-bond donors (Lipinski definition) is 1. The number of anilines is 1. The first-order chi connectivity index (χ1) is 13.7. The molecule has 3 nitrogen and oxygen atoms in total. The molecule has 0 amide bonds. The molecule has 152 valence electrons. The largest absolute Gasteiger partial charge is 0.495 e. The van der Waals surface area contributed by atoms with Crippen LogP contribution in [0.4, 0.5) is 5.69 Å². The standard InChI is InChI=1S/C25H36N2O/c1-20(27(2)23-18-12-13-19-24(23)28-3)25(21-14-8-7-9-15-21)26-22-16-10-5-4-6-11-17-22/h7-9,12-15,18-20,22,25-26H,4-6,10-11,16-17H2,1-3H3. The van der Waals surface area contributed by atoms with E-state index in [-0.39, 0.29) is 6.04 Å². The first-order valence-corrected chi connectivity index (χ1v) is 10.9. The Kier molecular flexibility index (Phi) is 7.79. The van der Waals surface area contributed by atoms with Crippen LogP contribution >= 0.6 is 0 Å². The van der Waals surface area contributed by atoms with Crippen LogP contribution in [0.3, 0.4) is 0 Å². The van der Waals surface area contributed by atoms with E-state index in [4.69, 9.17) is 4.74 Å². The minimum Gasteiger partial charge on any atom is -0.495 e. The van der Waals surface area contributed by atoms with Crippen LogP contribution in [0.5, 0.6) is 5.75 Å². The van der Waals surface area contributed by atoms with Crippen molar-refractivity contribution < 1.29 is 4.74 Å². The summed E-state index contributed by atoms with van der Waals surface area (Å²) in [7, 11) is 3.93. The molecule has 0 heterocycles. The fourth-order valence-electron chi connectivity index (χ4n) is 4.42. The Morgan fingerprint density at radius 1 is 0.893 bits per heavy atom. The maximum Gasteiger partial charge on any atom is 0.142 e. The molecular weight excluding hydrogens is 344 g/mol. The number of benzene rings is 2. The van der Waals surface area contributed by atoms with Crippen molar-refractivity contribution in [3.63, 3.8) is 0 Å². The first kappa shape index (κ1) is 20.7. The minimum absolute atomic E-state index is 0.278. The van der Waals surface area contributed by atoms with Gasteiger partial charge in [0.1, 0.15) is 5.75 Å². The highest BCUT2D eigenvalue weighted by Gasteiger charge is 2.27. The van der Waals surface area contributed by atoms with Crippen LogP contribution in [0.1, 0.15) is 63.5 Å². The van der Waals surface area contributed by atoms with E-state index in [0.717, 1.165) is 11.4 Å². The Labute approximate surface area is 171 Å². The summed E-state index contributed by atoms with van der Waals surface area (Å²) in [6, 6.07) is 20.4. The number of nitrogens with zero attached hydrogens (tertiary/aromatic N) is 1. The molecular formula is C25H36N2O. The van der Waals surface area contributed by atoms with E-state index in [1.807, 2.05) is 12.1 Å². The number of rotatable bonds is 7. The van der Waals surface area contributed by atoms with Gasteiger partial charge in [0.15, 0.2) is 0 Å². The zero-order valence-corrected chi connectivity index (χ0v) is 17.7. The predicted octanol–water partition coefficient (Wildman–Crippen LogP) is 5.96. The number of para-hydroxylation sites is 2. The molecule has 1 aliphatic carbocycles. The van der Waals surface area contributed by atoms with Gasteiger partial charge in [-0.1, -0.05) is 74.6 Å². The maximum absolute atomic E-state index is 5.62. The summed E-state index contributed by atoms with van der Waals surface area (Å²) in [6.45, 7) is 2.32. The molecule has 1 saturated carbocycles. The van der Waals surface area contributed by atoms with Gasteiger partial charge in [-0.25, -0.2) is 0 Å². The van der Waals surface area contributed by atoms with E-state index < -0.39 is 0 Å². The topological polar surface area (TPSA) is 24.5 Å². The molecule has 0 radical (unpaired) electrons. The second-order valence-electron chi connectivity index (χ2n) is 8.12. The highest BCUT2D eigenvalue weighted by molar-refractivity contribution is 5.58. The average Bonchev–Trinajstić information content (AvgIpc) is 2.72. The zero-order chi connectivity index (χ0) is 19.8. The molecule has 0 aliphatic heterocycles. The molecule has 3 rings (SSSR count). The van der Waals surface area contributed by atoms with E-state index in [0.29, 0.717) is 12.1 Å². The number of hydrogen-bond acceptors (Lipinski definition) is 3. The summed E-state index contributed by atoms with van der Waals surface area (Å²) < 4.78 is 5.62. The number of methoxy groups -OCH3 is 1. The summed E-state index contributed by atoms with van der Waals surface area (Å²) in [4.78, 5) is 2.35. The minimum atomic E-state index is 0.278. The van der Waals surface area contributed by atoms with Gasteiger partial charge >= 0.3 is 0 Å². The average molecular weight is 381 g/mol. The van der Waals surface area contributed by atoms with Gasteiger partial charge in [-0.2, -0.15) is 0 Å². The quantitative estimate of drug-likeness (QED) is 0.641. The lowest BCUT2D eigenvalue weighted by Crippen LogP contribution is -2.45. The lowest BCUT2D eigenvalue weighted by atomic mass is 9.93. The number of ether oxygens (including phenoxy) is 1. The van der Waals surface area contributed by atoms with Crippen LogP contribution in [-0.4, -0.2) is 26.2 Å². The molecule has 2 unspecified atom stereocenters. The van der Waals surface area contributed by atoms with Crippen molar-refractivity contribution in [2.45, 2.75) is 70.0 Å². The molecule has 1 N–H and O–H groups in total. The van der Waals surface area contributed by atoms with E-state index in [2.05, 4.69) is 66.7 Å². The smallest absolute Gasteiger partial charge is 0.142 e. The van der Waals surface area contributed by atoms with Crippen LogP contribution in [0, 0.1) is 0 Å². The molecule has 1 aliphatic rings. The van der Waals surface area contributed by atoms with Crippen molar-refractivity contribution in [2.24, 2.45) is 0 Å². The molecule has 0 bridgehead atoms. The second-order valence-corrected chi connectivity index (χ2v) is 8.12. The Hall–Kier alpha value is -2.00. The molecule has 0 aromatic heterocycles. The van der Waals surface area contributed by atoms with E-state index in [9.17, 15) is 0 Å². The Bertz CT molecular complexity index is 695. The maximum atomic E-state index is 5.62. The highest BCUT2D eigenvalue weighted by atomic mass is 16.5. The summed E-state index contributed by atoms with van der Waals surface area (Å²) in [5, 5.41) is 4.05. The van der Waals surface area contributed by atoms with Crippen molar-refractivity contribution in [3.05, 3.63) is 60.2 Å². The fourth-order valence-corrected chi connectivity index (χ4v) is 4.42. The van der Waals surface area contributed by atoms with E-state index in [1.54, 1.807) is 7.11 Å². The summed E-state index contributed by atoms with van der Waals surface area (Å²) in [5.74, 6) is 0.926. The van der Waals surface area contributed by atoms with Crippen LogP contribution in [0.2, 0.25) is 0 Å². The van der Waals surface area contributed by atoms with Crippen molar-refractivity contribution in [1.82, 2.24) is 5.32 Å². The third kappa shape index (κ3) is 5.29. The van der Waals surface area contributed by atoms with Crippen molar-refractivity contribution in [3.8, 4) is 5.75 Å². The van der Waals surface area contributed by atoms with E-state index in [1.165, 1.54) is 50.5 Å². The van der Waals surface area contributed by atoms with Gasteiger partial charge in [0, 0.05) is 19.1 Å². The van der Waals surface area contributed by atoms with E-state index >= 15 is 0 Å². The third-order valence-electron chi connectivity index (χ3n) is 6.24. The molecule has 0 spiro atoms. The van der Waals surface area contributed by atoms with Crippen LogP contribution in [0.15, 0.2) is 54.6 Å². The van der Waals surface area contributed by atoms with Crippen molar-refractivity contribution in [2.75, 3.05) is 19.1 Å². The lowest BCUT2D eigenvalue weighted by Gasteiger charge is -2.37. The van der Waals surface area contributed by atoms with Gasteiger partial charge in [-0.05, 0) is 37.5 Å². The van der Waals surface area contributed by atoms with Crippen molar-refractivity contribution in [1.29, 1.82) is 0 Å². The molecule has 0 saturated heterocycles. The summed E-state index contributed by atoms with van der Waals surface area (Å²) >= 11 is 0. The third-order valence-corrected chi connectivity index (χ3v) is 6.24. The monoisotopic (exact) mass is 380 g/mol. The predicted molar refractivity (Wildman–Crippen MR) is 119 cm³/mol. The number of nitrogens with one attached hydrogen (secondary N) is 1. The van der Waals surface area contributed by atoms with Gasteiger partial charge in [0.2, 0.25) is 0 Å². The van der Waals surface area contributed by atoms with Gasteiger partial charge < -0.3 is 15.0 Å². The molecule has 2 aromatic rings. The molecule has 3 heteroatoms. The number of likely N-dealkylation sites (N-methyl/N-ethyl adjacent to an activating group) is 1. The molecule has 28 heavy (non-hydrogen) atoms. The Balaban J connectivity index is 1.83. The second kappa shape index (κ2) is 10.5. The van der Waals surface area contributed by atoms with Crippen LogP contribution in [-0.2, 0) is 0 Å². The van der Waals surface area contributed by atoms with Gasteiger partial charge in [0.05, 0.1) is 18.8 Å². The highest BCUT2D eigenvalue weighted by Crippen LogP contribution is 2.32. The first-order valence-electron chi connectivity index (χ1n) is 10.9. The SMILES string of the molecule is COc1ccccc1N(C)C(C)C(NC1CCCCCCC1)c1ccccc1. The summed E-state index contributed by atoms with van der Waals surface area (Å²) in [6.07, 6.45) is 9.42. The van der Waals surface area contributed by atoms with Gasteiger partial charge in [-0.15, -0.1) is 0 Å². The van der Waals surface area contributed by atoms with Gasteiger partial charge in [-0.3, -0.25) is 0 Å². The summed E-state index contributed by atoms with van der Waals surface area (Å²) in [5.41, 5.74) is 2.50. The van der Waals surface area contributed by atoms with Crippen LogP contribution in [0.25, 0.3) is 0 Å². The molecule has 2 atom stereocenters. The Morgan fingerprint density at radius 2 is 1.50 bits per heavy atom. The zero-order valence-electron chi connectivity index (χ0n) is 17.7.